The molecule has 21 heavy (non-hydrogen) atoms. The van der Waals surface area contributed by atoms with Crippen LogP contribution in [0, 0.1) is 0 Å². The first-order valence-corrected chi connectivity index (χ1v) is 8.76. The minimum atomic E-state index is -0.425. The number of Topliss-reactive ketones (excluding diaryl/α,β-unsaturated/α-hetero) is 1. The van der Waals surface area contributed by atoms with E-state index < -0.39 is 6.10 Å². The fourth-order valence-electron chi connectivity index (χ4n) is 3.12. The van der Waals surface area contributed by atoms with Gasteiger partial charge in [-0.05, 0) is 36.1 Å². The maximum atomic E-state index is 12.4. The molecule has 0 aliphatic carbocycles. The Hall–Kier alpha value is -0.480. The zero-order valence-corrected chi connectivity index (χ0v) is 13.9. The van der Waals surface area contributed by atoms with Crippen LogP contribution in [-0.4, -0.2) is 27.5 Å². The monoisotopic (exact) mass is 342 g/mol. The van der Waals surface area contributed by atoms with Gasteiger partial charge in [-0.25, -0.2) is 0 Å². The van der Waals surface area contributed by atoms with Gasteiger partial charge in [0.05, 0.1) is 21.4 Å². The molecule has 2 bridgehead atoms. The van der Waals surface area contributed by atoms with Gasteiger partial charge in [-0.3, -0.25) is 4.79 Å². The maximum absolute atomic E-state index is 12.4. The summed E-state index contributed by atoms with van der Waals surface area (Å²) in [6.45, 7) is 1.86. The van der Waals surface area contributed by atoms with Crippen molar-refractivity contribution >= 4 is 46.3 Å². The molecule has 5 heteroatoms. The molecule has 2 unspecified atom stereocenters. The zero-order valence-electron chi connectivity index (χ0n) is 11.6. The second-order valence-corrected chi connectivity index (χ2v) is 7.74. The second-order valence-electron chi connectivity index (χ2n) is 5.48. The van der Waals surface area contributed by atoms with Crippen molar-refractivity contribution in [3.63, 3.8) is 0 Å². The van der Waals surface area contributed by atoms with Crippen molar-refractivity contribution in [1.82, 2.24) is 0 Å². The number of benzene rings is 1. The van der Waals surface area contributed by atoms with E-state index in [1.54, 1.807) is 17.8 Å². The van der Waals surface area contributed by atoms with Gasteiger partial charge in [-0.1, -0.05) is 36.2 Å². The molecule has 1 aromatic rings. The first kappa shape index (κ1) is 15.4. The molecule has 1 fully saturated rings. The molecule has 2 nitrogen and oxygen atoms in total. The molecule has 0 aromatic heterocycles. The van der Waals surface area contributed by atoms with Gasteiger partial charge in [0.1, 0.15) is 0 Å². The average molecular weight is 343 g/mol. The number of carbonyl (C=O) groups is 1. The van der Waals surface area contributed by atoms with E-state index in [4.69, 9.17) is 23.2 Å². The van der Waals surface area contributed by atoms with Gasteiger partial charge in [0.25, 0.3) is 0 Å². The van der Waals surface area contributed by atoms with Gasteiger partial charge in [-0.2, -0.15) is 0 Å². The van der Waals surface area contributed by atoms with Crippen molar-refractivity contribution in [2.75, 3.05) is 0 Å². The Labute approximate surface area is 138 Å². The third kappa shape index (κ3) is 2.77. The number of carbonyl (C=O) groups excluding carboxylic acids is 1. The maximum Gasteiger partial charge on any atom is 0.160 e. The number of aliphatic hydroxyl groups is 1. The van der Waals surface area contributed by atoms with Crippen molar-refractivity contribution in [2.45, 2.75) is 42.8 Å². The summed E-state index contributed by atoms with van der Waals surface area (Å²) in [5.41, 5.74) is 2.76. The van der Waals surface area contributed by atoms with E-state index in [0.29, 0.717) is 21.7 Å². The van der Waals surface area contributed by atoms with Crippen molar-refractivity contribution in [3.05, 3.63) is 39.4 Å². The van der Waals surface area contributed by atoms with Crippen LogP contribution in [0.1, 0.15) is 31.7 Å². The molecule has 1 aromatic carbocycles. The number of hydrogen-bond acceptors (Lipinski definition) is 3. The first-order chi connectivity index (χ1) is 10.0. The summed E-state index contributed by atoms with van der Waals surface area (Å²) in [6.07, 6.45) is 1.58. The Bertz CT molecular complexity index is 627. The van der Waals surface area contributed by atoms with Crippen LogP contribution in [-0.2, 0) is 4.79 Å². The van der Waals surface area contributed by atoms with Crippen molar-refractivity contribution in [1.29, 1.82) is 0 Å². The highest BCUT2D eigenvalue weighted by atomic mass is 35.5. The summed E-state index contributed by atoms with van der Waals surface area (Å²) in [4.78, 5) is 12.4. The molecule has 2 aliphatic heterocycles. The standard InChI is InChI=1S/C16H16Cl2O2S/c1-2-13(19)15-10(6-9-7-14(20)16(15)21-9)8-3-4-11(17)12(18)5-8/h3-5,9,14,16,20H,2,6-7H2,1H3/t9?,14?,16-/m1/s1. The molecule has 0 amide bonds. The number of thioether (sulfide) groups is 1. The van der Waals surface area contributed by atoms with Crippen molar-refractivity contribution in [2.24, 2.45) is 0 Å². The zero-order chi connectivity index (χ0) is 15.1. The summed E-state index contributed by atoms with van der Waals surface area (Å²) < 4.78 is 0. The average Bonchev–Trinajstić information content (AvgIpc) is 2.76. The fraction of sp³-hybridized carbons (Fsp3) is 0.438. The van der Waals surface area contributed by atoms with Crippen LogP contribution >= 0.6 is 35.0 Å². The van der Waals surface area contributed by atoms with Crippen LogP contribution in [0.4, 0.5) is 0 Å². The Morgan fingerprint density at radius 3 is 2.81 bits per heavy atom. The Morgan fingerprint density at radius 1 is 1.38 bits per heavy atom. The normalized spacial score (nSPS) is 28.1. The second kappa shape index (κ2) is 5.96. The molecule has 0 radical (unpaired) electrons. The molecule has 2 heterocycles. The van der Waals surface area contributed by atoms with Gasteiger partial charge in [0.2, 0.25) is 0 Å². The van der Waals surface area contributed by atoms with E-state index in [1.807, 2.05) is 19.1 Å². The molecule has 1 saturated heterocycles. The molecular formula is C16H16Cl2O2S. The summed E-state index contributed by atoms with van der Waals surface area (Å²) in [7, 11) is 0. The van der Waals surface area contributed by atoms with E-state index in [2.05, 4.69) is 0 Å². The molecule has 2 aliphatic rings. The lowest BCUT2D eigenvalue weighted by Gasteiger charge is -2.26. The van der Waals surface area contributed by atoms with Gasteiger partial charge < -0.3 is 5.11 Å². The van der Waals surface area contributed by atoms with Crippen LogP contribution in [0.2, 0.25) is 10.0 Å². The quantitative estimate of drug-likeness (QED) is 0.886. The van der Waals surface area contributed by atoms with Crippen LogP contribution in [0.15, 0.2) is 23.8 Å². The summed E-state index contributed by atoms with van der Waals surface area (Å²) >= 11 is 13.8. The van der Waals surface area contributed by atoms with E-state index >= 15 is 0 Å². The molecule has 112 valence electrons. The van der Waals surface area contributed by atoms with Gasteiger partial charge >= 0.3 is 0 Å². The molecule has 3 rings (SSSR count). The lowest BCUT2D eigenvalue weighted by Crippen LogP contribution is -2.25. The number of hydrogen-bond donors (Lipinski definition) is 1. The minimum Gasteiger partial charge on any atom is -0.392 e. The lowest BCUT2D eigenvalue weighted by molar-refractivity contribution is -0.115. The minimum absolute atomic E-state index is 0.0966. The molecule has 3 atom stereocenters. The number of allylic oxidation sites excluding steroid dienone is 1. The highest BCUT2D eigenvalue weighted by molar-refractivity contribution is 8.01. The first-order valence-electron chi connectivity index (χ1n) is 7.06. The Kier molecular flexibility index (Phi) is 4.37. The highest BCUT2D eigenvalue weighted by Gasteiger charge is 2.43. The Balaban J connectivity index is 2.12. The van der Waals surface area contributed by atoms with E-state index in [1.165, 1.54) is 0 Å². The van der Waals surface area contributed by atoms with Gasteiger partial charge in [0, 0.05) is 17.2 Å². The number of aliphatic hydroxyl groups excluding tert-OH is 1. The van der Waals surface area contributed by atoms with Crippen molar-refractivity contribution in [3.8, 4) is 0 Å². The highest BCUT2D eigenvalue weighted by Crippen LogP contribution is 2.50. The molecular weight excluding hydrogens is 327 g/mol. The van der Waals surface area contributed by atoms with Crippen LogP contribution in [0.3, 0.4) is 0 Å². The molecule has 1 N–H and O–H groups in total. The predicted octanol–water partition coefficient (Wildman–Crippen LogP) is 4.36. The van der Waals surface area contributed by atoms with Gasteiger partial charge in [-0.15, -0.1) is 11.8 Å². The smallest absolute Gasteiger partial charge is 0.160 e. The van der Waals surface area contributed by atoms with Crippen molar-refractivity contribution < 1.29 is 9.90 Å². The van der Waals surface area contributed by atoms with Gasteiger partial charge in [0.15, 0.2) is 5.78 Å². The molecule has 0 spiro atoms. The number of rotatable bonds is 3. The fourth-order valence-corrected chi connectivity index (χ4v) is 5.11. The van der Waals surface area contributed by atoms with Crippen LogP contribution in [0.25, 0.3) is 5.57 Å². The topological polar surface area (TPSA) is 37.3 Å². The van der Waals surface area contributed by atoms with Crippen LogP contribution < -0.4 is 0 Å². The summed E-state index contributed by atoms with van der Waals surface area (Å²) in [5.74, 6) is 0.118. The lowest BCUT2D eigenvalue weighted by atomic mass is 9.91. The number of fused-ring (bicyclic) bond motifs is 2. The van der Waals surface area contributed by atoms with E-state index in [0.717, 1.165) is 29.6 Å². The van der Waals surface area contributed by atoms with E-state index in [9.17, 15) is 9.90 Å². The Morgan fingerprint density at radius 2 is 2.14 bits per heavy atom. The predicted molar refractivity (Wildman–Crippen MR) is 89.1 cm³/mol. The summed E-state index contributed by atoms with van der Waals surface area (Å²) in [6, 6.07) is 5.50. The van der Waals surface area contributed by atoms with E-state index in [-0.39, 0.29) is 11.0 Å². The third-order valence-corrected chi connectivity index (χ3v) is 6.45. The van der Waals surface area contributed by atoms with Crippen LogP contribution in [0.5, 0.6) is 0 Å². The number of ketones is 1. The summed E-state index contributed by atoms with van der Waals surface area (Å²) in [5, 5.41) is 11.5. The third-order valence-electron chi connectivity index (χ3n) is 4.12. The largest absolute Gasteiger partial charge is 0.392 e. The SMILES string of the molecule is CCC(=O)C1=C(c2ccc(Cl)c(Cl)c2)CC2CC(O)[C@H]1S2. The molecule has 0 saturated carbocycles. The number of halogens is 2.